The predicted molar refractivity (Wildman–Crippen MR) is 287 cm³/mol. The van der Waals surface area contributed by atoms with E-state index in [-0.39, 0.29) is 23.0 Å². The number of para-hydroxylation sites is 3. The fourth-order valence-electron chi connectivity index (χ4n) is 12.4. The van der Waals surface area contributed by atoms with Crippen LogP contribution in [0.5, 0.6) is 0 Å². The van der Waals surface area contributed by atoms with Gasteiger partial charge in [-0.25, -0.2) is 4.98 Å². The number of nitrogens with zero attached hydrogens (tertiary/aromatic N) is 4. The molecule has 0 spiro atoms. The molecular formula is C63H53BN4. The largest absolute Gasteiger partial charge is 0.311 e. The highest BCUT2D eigenvalue weighted by Gasteiger charge is 2.47. The summed E-state index contributed by atoms with van der Waals surface area (Å²) in [5, 5.41) is 0. The lowest BCUT2D eigenvalue weighted by Gasteiger charge is -2.44. The van der Waals surface area contributed by atoms with Crippen molar-refractivity contribution in [2.75, 3.05) is 14.7 Å². The van der Waals surface area contributed by atoms with E-state index in [1.54, 1.807) is 0 Å². The molecule has 68 heavy (non-hydrogen) atoms. The van der Waals surface area contributed by atoms with Crippen LogP contribution in [-0.4, -0.2) is 11.7 Å². The van der Waals surface area contributed by atoms with Gasteiger partial charge in [-0.2, -0.15) is 0 Å². The van der Waals surface area contributed by atoms with Crippen LogP contribution in [-0.2, 0) is 16.2 Å². The van der Waals surface area contributed by atoms with Gasteiger partial charge in [0, 0.05) is 39.3 Å². The van der Waals surface area contributed by atoms with Gasteiger partial charge in [-0.3, -0.25) is 9.80 Å². The van der Waals surface area contributed by atoms with Crippen LogP contribution < -0.4 is 31.1 Å². The second-order valence-electron chi connectivity index (χ2n) is 21.2. The van der Waals surface area contributed by atoms with E-state index in [1.807, 2.05) is 0 Å². The van der Waals surface area contributed by atoms with Gasteiger partial charge in [0.05, 0.1) is 11.4 Å². The van der Waals surface area contributed by atoms with Crippen LogP contribution in [0.1, 0.15) is 76.3 Å². The monoisotopic (exact) mass is 876 g/mol. The Kier molecular flexibility index (Phi) is 8.63. The smallest absolute Gasteiger partial charge is 0.254 e. The summed E-state index contributed by atoms with van der Waals surface area (Å²) in [7, 11) is 0. The van der Waals surface area contributed by atoms with Crippen molar-refractivity contribution in [3.05, 3.63) is 222 Å². The van der Waals surface area contributed by atoms with E-state index in [4.69, 9.17) is 4.98 Å². The first-order valence-electron chi connectivity index (χ1n) is 24.2. The van der Waals surface area contributed by atoms with Gasteiger partial charge in [-0.15, -0.1) is 0 Å². The van der Waals surface area contributed by atoms with Gasteiger partial charge in [-0.1, -0.05) is 182 Å². The van der Waals surface area contributed by atoms with Gasteiger partial charge < -0.3 is 4.90 Å². The number of anilines is 9. The Morgan fingerprint density at radius 2 is 0.941 bits per heavy atom. The molecule has 2 aliphatic heterocycles. The average Bonchev–Trinajstić information content (AvgIpc) is 3.74. The quantitative estimate of drug-likeness (QED) is 0.161. The molecule has 0 radical (unpaired) electrons. The molecule has 13 rings (SSSR count). The highest BCUT2D eigenvalue weighted by Crippen LogP contribution is 2.58. The molecule has 1 aromatic heterocycles. The number of rotatable bonds is 5. The number of benzene rings is 8. The number of hydrogen-bond acceptors (Lipinski definition) is 4. The minimum atomic E-state index is -0.267. The highest BCUT2D eigenvalue weighted by molar-refractivity contribution is 7.00. The van der Waals surface area contributed by atoms with E-state index in [1.165, 1.54) is 77.8 Å². The van der Waals surface area contributed by atoms with E-state index in [2.05, 4.69) is 257 Å². The molecule has 8 aromatic carbocycles. The van der Waals surface area contributed by atoms with Gasteiger partial charge in [0.15, 0.2) is 0 Å². The Hall–Kier alpha value is -7.63. The maximum Gasteiger partial charge on any atom is 0.254 e. The molecule has 0 amide bonds. The first-order chi connectivity index (χ1) is 32.9. The summed E-state index contributed by atoms with van der Waals surface area (Å²) >= 11 is 0. The molecule has 0 N–H and O–H groups in total. The molecule has 0 atom stereocenters. The lowest BCUT2D eigenvalue weighted by Crippen LogP contribution is -2.61. The summed E-state index contributed by atoms with van der Waals surface area (Å²) in [6.45, 7) is 16.5. The number of pyridine rings is 1. The second-order valence-corrected chi connectivity index (χ2v) is 21.2. The molecule has 0 saturated carbocycles. The zero-order chi connectivity index (χ0) is 46.3. The molecule has 3 heterocycles. The standard InChI is InChI=1S/C63H53BN4/c1-61(2,3)40-38-54-59-55(39-40)67(42-24-12-9-13-25-42)60-50(64(59)49-32-18-19-33-51(49)66(54)41-22-10-8-11-23-41)36-37-56(65-60)68(52-34-20-28-45-43-26-14-16-30-47(43)62(4,5)57(45)52)53-35-21-29-46-44-27-15-17-31-48(44)63(6,7)58(46)53/h8-39H,1-7H3. The summed E-state index contributed by atoms with van der Waals surface area (Å²) in [6.07, 6.45) is 0. The van der Waals surface area contributed by atoms with E-state index in [0.29, 0.717) is 0 Å². The van der Waals surface area contributed by atoms with Crippen LogP contribution in [0.25, 0.3) is 22.3 Å². The van der Waals surface area contributed by atoms with Gasteiger partial charge in [0.1, 0.15) is 11.6 Å². The summed E-state index contributed by atoms with van der Waals surface area (Å²) in [4.78, 5) is 13.6. The predicted octanol–water partition coefficient (Wildman–Crippen LogP) is 14.5. The van der Waals surface area contributed by atoms with Crippen LogP contribution in [0, 0.1) is 0 Å². The summed E-state index contributed by atoms with van der Waals surface area (Å²) in [5.74, 6) is 1.83. The van der Waals surface area contributed by atoms with Gasteiger partial charge >= 0.3 is 0 Å². The molecule has 9 aromatic rings. The Balaban J connectivity index is 1.12. The second kappa shape index (κ2) is 14.4. The maximum atomic E-state index is 6.10. The van der Waals surface area contributed by atoms with Gasteiger partial charge in [0.25, 0.3) is 6.71 Å². The number of aromatic nitrogens is 1. The Bertz CT molecular complexity index is 3420. The maximum absolute atomic E-state index is 6.10. The van der Waals surface area contributed by atoms with Crippen molar-refractivity contribution in [1.29, 1.82) is 0 Å². The molecule has 5 heteroatoms. The Morgan fingerprint density at radius 3 is 1.51 bits per heavy atom. The molecule has 328 valence electrons. The minimum absolute atomic E-state index is 0.0565. The van der Waals surface area contributed by atoms with Crippen molar-refractivity contribution in [3.63, 3.8) is 0 Å². The third-order valence-corrected chi connectivity index (χ3v) is 15.5. The number of fused-ring (bicyclic) bond motifs is 10. The molecule has 0 fully saturated rings. The fourth-order valence-corrected chi connectivity index (χ4v) is 12.4. The Morgan fingerprint density at radius 1 is 0.456 bits per heavy atom. The first kappa shape index (κ1) is 40.6. The van der Waals surface area contributed by atoms with Crippen LogP contribution in [0.3, 0.4) is 0 Å². The SMILES string of the molecule is CC(C)(C)c1cc2c3c(c1)N(c1ccccc1)c1nc(N(c4cccc5c4C(C)(C)c4ccccc4-5)c4cccc5c4C(C)(C)c4ccccc4-5)ccc1B3c1ccccc1N2c1ccccc1. The molecule has 0 saturated heterocycles. The third-order valence-electron chi connectivity index (χ3n) is 15.5. The van der Waals surface area contributed by atoms with Crippen molar-refractivity contribution < 1.29 is 0 Å². The third kappa shape index (κ3) is 5.65. The first-order valence-corrected chi connectivity index (χ1v) is 24.2. The van der Waals surface area contributed by atoms with E-state index in [9.17, 15) is 0 Å². The molecule has 0 bridgehead atoms. The van der Waals surface area contributed by atoms with Crippen molar-refractivity contribution in [1.82, 2.24) is 4.98 Å². The topological polar surface area (TPSA) is 22.6 Å². The molecule has 4 nitrogen and oxygen atoms in total. The van der Waals surface area contributed by atoms with E-state index < -0.39 is 0 Å². The zero-order valence-corrected chi connectivity index (χ0v) is 39.8. The number of hydrogen-bond donors (Lipinski definition) is 0. The van der Waals surface area contributed by atoms with Crippen molar-refractivity contribution >= 4 is 74.5 Å². The van der Waals surface area contributed by atoms with Crippen LogP contribution >= 0.6 is 0 Å². The highest BCUT2D eigenvalue weighted by atomic mass is 15.3. The fraction of sp³-hybridized carbons (Fsp3) is 0.159. The van der Waals surface area contributed by atoms with Crippen LogP contribution in [0.2, 0.25) is 0 Å². The van der Waals surface area contributed by atoms with E-state index >= 15 is 0 Å². The summed E-state index contributed by atoms with van der Waals surface area (Å²) in [5.41, 5.74) is 23.0. The molecule has 4 aliphatic rings. The minimum Gasteiger partial charge on any atom is -0.311 e. The average molecular weight is 877 g/mol. The van der Waals surface area contributed by atoms with Crippen molar-refractivity contribution in [2.45, 2.75) is 64.7 Å². The molecule has 0 unspecified atom stereocenters. The lowest BCUT2D eigenvalue weighted by atomic mass is 9.33. The normalized spacial score (nSPS) is 15.1. The zero-order valence-electron chi connectivity index (χ0n) is 39.8. The summed E-state index contributed by atoms with van der Waals surface area (Å²) in [6, 6.07) is 72.2. The van der Waals surface area contributed by atoms with Gasteiger partial charge in [-0.05, 0) is 133 Å². The molecular weight excluding hydrogens is 824 g/mol. The summed E-state index contributed by atoms with van der Waals surface area (Å²) < 4.78 is 0. The Labute approximate surface area is 401 Å². The van der Waals surface area contributed by atoms with E-state index in [0.717, 1.165) is 40.1 Å². The van der Waals surface area contributed by atoms with Gasteiger partial charge in [0.2, 0.25) is 0 Å². The molecule has 2 aliphatic carbocycles. The van der Waals surface area contributed by atoms with Crippen LogP contribution in [0.4, 0.5) is 51.4 Å². The van der Waals surface area contributed by atoms with Crippen molar-refractivity contribution in [2.24, 2.45) is 0 Å². The lowest BCUT2D eigenvalue weighted by molar-refractivity contribution is 0.590. The van der Waals surface area contributed by atoms with Crippen molar-refractivity contribution in [3.8, 4) is 22.3 Å². The van der Waals surface area contributed by atoms with Crippen LogP contribution in [0.15, 0.2) is 194 Å².